The maximum atomic E-state index is 12.1. The lowest BCUT2D eigenvalue weighted by atomic mass is 9.95. The molecule has 4 rings (SSSR count). The molecule has 0 unspecified atom stereocenters. The Balaban J connectivity index is 1.71. The molecule has 0 spiro atoms. The van der Waals surface area contributed by atoms with Crippen molar-refractivity contribution < 1.29 is 4.74 Å². The molecule has 5 heteroatoms. The zero-order chi connectivity index (χ0) is 16.4. The van der Waals surface area contributed by atoms with Crippen LogP contribution in [0.2, 0.25) is 0 Å². The van der Waals surface area contributed by atoms with Gasteiger partial charge in [-0.3, -0.25) is 14.6 Å². The number of methoxy groups -OCH3 is 1. The van der Waals surface area contributed by atoms with Gasteiger partial charge in [-0.2, -0.15) is 0 Å². The number of H-pyrrole nitrogens is 1. The number of hydrogen-bond donors (Lipinski definition) is 1. The molecule has 128 valence electrons. The van der Waals surface area contributed by atoms with Crippen molar-refractivity contribution in [3.8, 4) is 0 Å². The van der Waals surface area contributed by atoms with Crippen LogP contribution in [-0.4, -0.2) is 60.7 Å². The molecule has 1 aromatic heterocycles. The number of aryl methyl sites for hydroxylation is 1. The Labute approximate surface area is 138 Å². The molecular formula is C18H29N3O2. The van der Waals surface area contributed by atoms with Gasteiger partial charge in [-0.25, -0.2) is 0 Å². The molecule has 2 atom stereocenters. The largest absolute Gasteiger partial charge is 0.383 e. The van der Waals surface area contributed by atoms with E-state index in [1.165, 1.54) is 19.4 Å². The summed E-state index contributed by atoms with van der Waals surface area (Å²) in [5, 5.41) is 0. The fraction of sp³-hybridized carbons (Fsp3) is 0.722. The molecule has 3 aliphatic rings. The zero-order valence-corrected chi connectivity index (χ0v) is 14.6. The van der Waals surface area contributed by atoms with E-state index in [1.807, 2.05) is 20.0 Å². The maximum absolute atomic E-state index is 12.1. The van der Waals surface area contributed by atoms with Crippen molar-refractivity contribution in [2.45, 2.75) is 39.3 Å². The second-order valence-electron chi connectivity index (χ2n) is 7.18. The molecule has 3 fully saturated rings. The molecular weight excluding hydrogens is 290 g/mol. The molecule has 23 heavy (non-hydrogen) atoms. The van der Waals surface area contributed by atoms with Crippen LogP contribution in [-0.2, 0) is 11.3 Å². The van der Waals surface area contributed by atoms with Gasteiger partial charge in [0.25, 0.3) is 0 Å². The summed E-state index contributed by atoms with van der Waals surface area (Å²) in [5.74, 6) is 0.739. The van der Waals surface area contributed by atoms with Crippen LogP contribution in [0.1, 0.15) is 29.7 Å². The van der Waals surface area contributed by atoms with Crippen molar-refractivity contribution in [2.24, 2.45) is 5.92 Å². The Kier molecular flexibility index (Phi) is 5.19. The van der Waals surface area contributed by atoms with Crippen LogP contribution in [0, 0.1) is 19.8 Å². The van der Waals surface area contributed by atoms with Crippen molar-refractivity contribution in [1.29, 1.82) is 0 Å². The summed E-state index contributed by atoms with van der Waals surface area (Å²) in [6, 6.07) is 0.626. The van der Waals surface area contributed by atoms with Crippen LogP contribution in [0.5, 0.6) is 0 Å². The smallest absolute Gasteiger partial charge is 0.187 e. The zero-order valence-electron chi connectivity index (χ0n) is 14.6. The molecule has 1 aromatic rings. The first-order chi connectivity index (χ1) is 11.1. The number of nitrogens with one attached hydrogen (secondary N) is 1. The van der Waals surface area contributed by atoms with Gasteiger partial charge in [-0.05, 0) is 32.6 Å². The molecule has 3 saturated heterocycles. The highest BCUT2D eigenvalue weighted by Crippen LogP contribution is 2.28. The molecule has 5 nitrogen and oxygen atoms in total. The highest BCUT2D eigenvalue weighted by atomic mass is 16.5. The molecule has 3 aliphatic heterocycles. The predicted molar refractivity (Wildman–Crippen MR) is 91.8 cm³/mol. The summed E-state index contributed by atoms with van der Waals surface area (Å²) >= 11 is 0. The summed E-state index contributed by atoms with van der Waals surface area (Å²) in [7, 11) is 1.78. The third kappa shape index (κ3) is 3.67. The Hall–Kier alpha value is -1.17. The van der Waals surface area contributed by atoms with E-state index in [0.717, 1.165) is 55.5 Å². The number of aromatic nitrogens is 1. The lowest BCUT2D eigenvalue weighted by Gasteiger charge is -2.35. The Morgan fingerprint density at radius 1 is 1.26 bits per heavy atom. The number of hydrogen-bond acceptors (Lipinski definition) is 4. The molecule has 1 N–H and O–H groups in total. The minimum absolute atomic E-state index is 0.179. The van der Waals surface area contributed by atoms with E-state index in [0.29, 0.717) is 6.04 Å². The van der Waals surface area contributed by atoms with Crippen molar-refractivity contribution in [2.75, 3.05) is 39.9 Å². The van der Waals surface area contributed by atoms with Crippen molar-refractivity contribution in [3.05, 3.63) is 33.2 Å². The van der Waals surface area contributed by atoms with Crippen LogP contribution in [0.25, 0.3) is 0 Å². The SMILES string of the molecule is COCCN1C[C@H]2CC[C@@H]1CN(Cc1[nH]cc(C)c(=O)c1C)C2. The summed E-state index contributed by atoms with van der Waals surface area (Å²) in [6.07, 6.45) is 4.46. The lowest BCUT2D eigenvalue weighted by molar-refractivity contribution is 0.0867. The number of aromatic amines is 1. The second kappa shape index (κ2) is 7.16. The fourth-order valence-corrected chi connectivity index (χ4v) is 4.08. The topological polar surface area (TPSA) is 48.6 Å². The van der Waals surface area contributed by atoms with E-state index in [9.17, 15) is 4.79 Å². The van der Waals surface area contributed by atoms with Gasteiger partial charge in [0.1, 0.15) is 0 Å². The van der Waals surface area contributed by atoms with Crippen LogP contribution in [0.3, 0.4) is 0 Å². The highest BCUT2D eigenvalue weighted by molar-refractivity contribution is 5.23. The number of pyridine rings is 1. The van der Waals surface area contributed by atoms with Crippen LogP contribution in [0.4, 0.5) is 0 Å². The minimum Gasteiger partial charge on any atom is -0.383 e. The Morgan fingerprint density at radius 2 is 2.09 bits per heavy atom. The van der Waals surface area contributed by atoms with Gasteiger partial charge in [-0.15, -0.1) is 0 Å². The third-order valence-electron chi connectivity index (χ3n) is 5.48. The molecule has 0 radical (unpaired) electrons. The van der Waals surface area contributed by atoms with E-state index in [-0.39, 0.29) is 5.43 Å². The van der Waals surface area contributed by atoms with Crippen molar-refractivity contribution in [3.63, 3.8) is 0 Å². The summed E-state index contributed by atoms with van der Waals surface area (Å²) in [5.41, 5.74) is 2.93. The highest BCUT2D eigenvalue weighted by Gasteiger charge is 2.34. The molecule has 0 amide bonds. The third-order valence-corrected chi connectivity index (χ3v) is 5.48. The van der Waals surface area contributed by atoms with E-state index >= 15 is 0 Å². The maximum Gasteiger partial charge on any atom is 0.187 e. The van der Waals surface area contributed by atoms with Gasteiger partial charge in [0.15, 0.2) is 5.43 Å². The molecule has 4 heterocycles. The number of piperidine rings is 1. The first kappa shape index (κ1) is 16.7. The van der Waals surface area contributed by atoms with E-state index in [4.69, 9.17) is 4.74 Å². The average molecular weight is 319 g/mol. The minimum atomic E-state index is 0.179. The fourth-order valence-electron chi connectivity index (χ4n) is 4.08. The van der Waals surface area contributed by atoms with Crippen molar-refractivity contribution in [1.82, 2.24) is 14.8 Å². The number of fused-ring (bicyclic) bond motifs is 4. The molecule has 0 aromatic carbocycles. The van der Waals surface area contributed by atoms with Gasteiger partial charge in [-0.1, -0.05) is 0 Å². The summed E-state index contributed by atoms with van der Waals surface area (Å²) in [4.78, 5) is 20.6. The molecule has 0 saturated carbocycles. The monoisotopic (exact) mass is 319 g/mol. The Bertz CT molecular complexity index is 598. The quantitative estimate of drug-likeness (QED) is 0.894. The Morgan fingerprint density at radius 3 is 2.87 bits per heavy atom. The molecule has 0 aliphatic carbocycles. The number of nitrogens with zero attached hydrogens (tertiary/aromatic N) is 2. The first-order valence-electron chi connectivity index (χ1n) is 8.71. The van der Waals surface area contributed by atoms with E-state index in [1.54, 1.807) is 7.11 Å². The second-order valence-corrected chi connectivity index (χ2v) is 7.18. The number of rotatable bonds is 5. The van der Waals surface area contributed by atoms with Gasteiger partial charge < -0.3 is 9.72 Å². The number of ether oxygens (including phenoxy) is 1. The van der Waals surface area contributed by atoms with Gasteiger partial charge >= 0.3 is 0 Å². The molecule has 2 bridgehead atoms. The van der Waals surface area contributed by atoms with Gasteiger partial charge in [0, 0.05) is 68.9 Å². The van der Waals surface area contributed by atoms with E-state index < -0.39 is 0 Å². The summed E-state index contributed by atoms with van der Waals surface area (Å²) in [6.45, 7) is 9.93. The van der Waals surface area contributed by atoms with Crippen LogP contribution >= 0.6 is 0 Å². The van der Waals surface area contributed by atoms with Gasteiger partial charge in [0.05, 0.1) is 6.61 Å². The predicted octanol–water partition coefficient (Wildman–Crippen LogP) is 1.53. The first-order valence-corrected chi connectivity index (χ1v) is 8.71. The lowest BCUT2D eigenvalue weighted by Crippen LogP contribution is -2.45. The standard InChI is InChI=1S/C18H29N3O2/c1-13-8-19-17(14(2)18(13)22)12-20-9-15-4-5-16(11-20)21(10-15)6-7-23-3/h8,15-16H,4-7,9-12H2,1-3H3,(H,19,22)/t15-,16+/m0/s1. The average Bonchev–Trinajstić information content (AvgIpc) is 2.84. The van der Waals surface area contributed by atoms with Crippen molar-refractivity contribution >= 4 is 0 Å². The van der Waals surface area contributed by atoms with E-state index in [2.05, 4.69) is 14.8 Å². The summed E-state index contributed by atoms with van der Waals surface area (Å²) < 4.78 is 5.26. The normalized spacial score (nSPS) is 25.7. The van der Waals surface area contributed by atoms with Gasteiger partial charge in [0.2, 0.25) is 0 Å². The van der Waals surface area contributed by atoms with Crippen LogP contribution < -0.4 is 5.43 Å². The van der Waals surface area contributed by atoms with Crippen LogP contribution in [0.15, 0.2) is 11.0 Å².